The standard InChI is InChI=1S/C33H29N7O2/c41-33(36-25-7-10-27(11-8-25)39-16-18-42-19-17-39)21-24-22-40(30-6-2-1-5-28(24)30)32-14-13-31(37-38-32)35-26-9-12-29-23(20-26)4-3-15-34-29/h1-15,20,22H,16-19,21H2,(H,35,37)(H,36,41). The molecule has 1 amide bonds. The Hall–Kier alpha value is -5.28. The van der Waals surface area contributed by atoms with Crippen molar-refractivity contribution in [2.24, 2.45) is 0 Å². The molecule has 0 saturated carbocycles. The maximum absolute atomic E-state index is 13.1. The van der Waals surface area contributed by atoms with Crippen LogP contribution in [0.15, 0.2) is 103 Å². The maximum atomic E-state index is 13.1. The molecule has 42 heavy (non-hydrogen) atoms. The lowest BCUT2D eigenvalue weighted by Gasteiger charge is -2.28. The minimum Gasteiger partial charge on any atom is -0.378 e. The number of benzene rings is 3. The van der Waals surface area contributed by atoms with Crippen molar-refractivity contribution >= 4 is 50.6 Å². The minimum atomic E-state index is -0.0757. The summed E-state index contributed by atoms with van der Waals surface area (Å²) >= 11 is 0. The lowest BCUT2D eigenvalue weighted by molar-refractivity contribution is -0.115. The Morgan fingerprint density at radius 2 is 1.69 bits per heavy atom. The zero-order chi connectivity index (χ0) is 28.3. The largest absolute Gasteiger partial charge is 0.378 e. The maximum Gasteiger partial charge on any atom is 0.228 e. The Kier molecular flexibility index (Phi) is 6.91. The molecule has 3 aromatic carbocycles. The number of aromatic nitrogens is 4. The van der Waals surface area contributed by atoms with Gasteiger partial charge in [0.05, 0.1) is 30.7 Å². The Balaban J connectivity index is 1.06. The molecule has 9 nitrogen and oxygen atoms in total. The zero-order valence-electron chi connectivity index (χ0n) is 22.9. The van der Waals surface area contributed by atoms with Crippen molar-refractivity contribution < 1.29 is 9.53 Å². The van der Waals surface area contributed by atoms with Crippen LogP contribution < -0.4 is 15.5 Å². The van der Waals surface area contributed by atoms with Crippen LogP contribution in [0.5, 0.6) is 0 Å². The van der Waals surface area contributed by atoms with E-state index >= 15 is 0 Å². The Bertz CT molecular complexity index is 1860. The van der Waals surface area contributed by atoms with Crippen LogP contribution in [-0.4, -0.2) is 52.0 Å². The van der Waals surface area contributed by atoms with Gasteiger partial charge in [0, 0.05) is 53.3 Å². The van der Waals surface area contributed by atoms with Gasteiger partial charge in [-0.05, 0) is 72.3 Å². The summed E-state index contributed by atoms with van der Waals surface area (Å²) in [6, 6.07) is 29.8. The van der Waals surface area contributed by atoms with Crippen LogP contribution in [0.4, 0.5) is 22.9 Å². The van der Waals surface area contributed by atoms with Gasteiger partial charge in [-0.3, -0.25) is 14.3 Å². The first kappa shape index (κ1) is 25.7. The van der Waals surface area contributed by atoms with E-state index in [0.29, 0.717) is 11.6 Å². The third-order valence-electron chi connectivity index (χ3n) is 7.45. The van der Waals surface area contributed by atoms with E-state index in [9.17, 15) is 4.79 Å². The van der Waals surface area contributed by atoms with Gasteiger partial charge in [0.2, 0.25) is 5.91 Å². The van der Waals surface area contributed by atoms with Crippen molar-refractivity contribution in [2.75, 3.05) is 41.8 Å². The predicted octanol–water partition coefficient (Wildman–Crippen LogP) is 5.73. The third-order valence-corrected chi connectivity index (χ3v) is 7.45. The van der Waals surface area contributed by atoms with Gasteiger partial charge in [0.1, 0.15) is 0 Å². The van der Waals surface area contributed by atoms with Gasteiger partial charge in [-0.25, -0.2) is 0 Å². The van der Waals surface area contributed by atoms with Crippen LogP contribution in [-0.2, 0) is 16.0 Å². The molecule has 0 aliphatic carbocycles. The summed E-state index contributed by atoms with van der Waals surface area (Å²) in [7, 11) is 0. The lowest BCUT2D eigenvalue weighted by atomic mass is 10.1. The number of carbonyl (C=O) groups is 1. The minimum absolute atomic E-state index is 0.0757. The van der Waals surface area contributed by atoms with Gasteiger partial charge in [0.15, 0.2) is 11.6 Å². The number of fused-ring (bicyclic) bond motifs is 2. The number of carbonyl (C=O) groups excluding carboxylic acids is 1. The first-order valence-electron chi connectivity index (χ1n) is 14.0. The molecule has 0 unspecified atom stereocenters. The van der Waals surface area contributed by atoms with Crippen molar-refractivity contribution in [3.63, 3.8) is 0 Å². The highest BCUT2D eigenvalue weighted by molar-refractivity contribution is 5.96. The molecule has 1 aliphatic rings. The van der Waals surface area contributed by atoms with Gasteiger partial charge >= 0.3 is 0 Å². The summed E-state index contributed by atoms with van der Waals surface area (Å²) in [6.45, 7) is 3.23. The number of nitrogens with one attached hydrogen (secondary N) is 2. The molecule has 4 heterocycles. The molecule has 2 N–H and O–H groups in total. The van der Waals surface area contributed by atoms with E-state index in [2.05, 4.69) is 30.7 Å². The molecule has 7 rings (SSSR count). The normalized spacial score (nSPS) is 13.4. The fraction of sp³-hybridized carbons (Fsp3) is 0.152. The number of pyridine rings is 1. The second-order valence-corrected chi connectivity index (χ2v) is 10.2. The van der Waals surface area contributed by atoms with Crippen LogP contribution in [0.3, 0.4) is 0 Å². The monoisotopic (exact) mass is 555 g/mol. The van der Waals surface area contributed by atoms with Crippen molar-refractivity contribution in [3.05, 3.63) is 109 Å². The number of hydrogen-bond acceptors (Lipinski definition) is 7. The molecule has 0 radical (unpaired) electrons. The van der Waals surface area contributed by atoms with E-state index in [-0.39, 0.29) is 12.3 Å². The van der Waals surface area contributed by atoms with Gasteiger partial charge in [0.25, 0.3) is 0 Å². The van der Waals surface area contributed by atoms with Crippen molar-refractivity contribution in [2.45, 2.75) is 6.42 Å². The predicted molar refractivity (Wildman–Crippen MR) is 166 cm³/mol. The Labute approximate surface area is 242 Å². The fourth-order valence-electron chi connectivity index (χ4n) is 5.36. The second-order valence-electron chi connectivity index (χ2n) is 10.2. The Morgan fingerprint density at radius 1 is 0.857 bits per heavy atom. The number of amides is 1. The molecule has 1 aliphatic heterocycles. The van der Waals surface area contributed by atoms with Crippen LogP contribution in [0, 0.1) is 0 Å². The van der Waals surface area contributed by atoms with Gasteiger partial charge in [-0.1, -0.05) is 24.3 Å². The van der Waals surface area contributed by atoms with Crippen LogP contribution in [0.1, 0.15) is 5.56 Å². The number of para-hydroxylation sites is 1. The van der Waals surface area contributed by atoms with Crippen LogP contribution in [0.2, 0.25) is 0 Å². The average molecular weight is 556 g/mol. The first-order chi connectivity index (χ1) is 20.7. The quantitative estimate of drug-likeness (QED) is 0.260. The molecule has 208 valence electrons. The van der Waals surface area contributed by atoms with E-state index in [1.165, 1.54) is 0 Å². The molecule has 1 fully saturated rings. The summed E-state index contributed by atoms with van der Waals surface area (Å²) in [4.78, 5) is 19.7. The summed E-state index contributed by atoms with van der Waals surface area (Å²) in [5.41, 5.74) is 5.64. The third kappa shape index (κ3) is 5.37. The van der Waals surface area contributed by atoms with E-state index in [0.717, 1.165) is 70.7 Å². The summed E-state index contributed by atoms with van der Waals surface area (Å²) < 4.78 is 7.42. The van der Waals surface area contributed by atoms with Crippen LogP contribution in [0.25, 0.3) is 27.6 Å². The highest BCUT2D eigenvalue weighted by Crippen LogP contribution is 2.26. The highest BCUT2D eigenvalue weighted by atomic mass is 16.5. The molecule has 0 spiro atoms. The number of hydrogen-bond donors (Lipinski definition) is 2. The molecule has 0 atom stereocenters. The average Bonchev–Trinajstić information content (AvgIpc) is 3.40. The van der Waals surface area contributed by atoms with Gasteiger partial charge < -0.3 is 20.3 Å². The topological polar surface area (TPSA) is 97.2 Å². The Morgan fingerprint density at radius 3 is 2.52 bits per heavy atom. The first-order valence-corrected chi connectivity index (χ1v) is 14.0. The molecular formula is C33H29N7O2. The number of anilines is 4. The molecule has 1 saturated heterocycles. The SMILES string of the molecule is O=C(Cc1cn(-c2ccc(Nc3ccc4ncccc4c3)nn2)c2ccccc12)Nc1ccc(N2CCOCC2)cc1. The van der Waals surface area contributed by atoms with Crippen molar-refractivity contribution in [1.82, 2.24) is 19.7 Å². The number of morpholine rings is 1. The fourth-order valence-corrected chi connectivity index (χ4v) is 5.36. The second kappa shape index (κ2) is 11.3. The van der Waals surface area contributed by atoms with E-state index in [1.807, 2.05) is 102 Å². The molecule has 6 aromatic rings. The summed E-state index contributed by atoms with van der Waals surface area (Å²) in [6.07, 6.45) is 4.00. The molecule has 3 aromatic heterocycles. The summed E-state index contributed by atoms with van der Waals surface area (Å²) in [5.74, 6) is 1.23. The van der Waals surface area contributed by atoms with E-state index < -0.39 is 0 Å². The lowest BCUT2D eigenvalue weighted by Crippen LogP contribution is -2.36. The molecular weight excluding hydrogens is 526 g/mol. The van der Waals surface area contributed by atoms with E-state index in [1.54, 1.807) is 6.20 Å². The molecule has 0 bridgehead atoms. The van der Waals surface area contributed by atoms with Gasteiger partial charge in [-0.2, -0.15) is 0 Å². The number of nitrogens with zero attached hydrogens (tertiary/aromatic N) is 5. The smallest absolute Gasteiger partial charge is 0.228 e. The van der Waals surface area contributed by atoms with Crippen molar-refractivity contribution in [3.8, 4) is 5.82 Å². The van der Waals surface area contributed by atoms with Crippen LogP contribution >= 0.6 is 0 Å². The molecule has 9 heteroatoms. The van der Waals surface area contributed by atoms with Crippen molar-refractivity contribution in [1.29, 1.82) is 0 Å². The zero-order valence-corrected chi connectivity index (χ0v) is 22.9. The van der Waals surface area contributed by atoms with Gasteiger partial charge in [-0.15, -0.1) is 10.2 Å². The number of ether oxygens (including phenoxy) is 1. The summed E-state index contributed by atoms with van der Waals surface area (Å²) in [5, 5.41) is 17.3. The highest BCUT2D eigenvalue weighted by Gasteiger charge is 2.15. The number of rotatable bonds is 7. The van der Waals surface area contributed by atoms with E-state index in [4.69, 9.17) is 4.74 Å².